The third-order valence-corrected chi connectivity index (χ3v) is 5.18. The Morgan fingerprint density at radius 1 is 1.20 bits per heavy atom. The van der Waals surface area contributed by atoms with E-state index >= 15 is 0 Å². The lowest BCUT2D eigenvalue weighted by atomic mass is 9.82. The molecule has 1 N–H and O–H groups in total. The fraction of sp³-hybridized carbons (Fsp3) is 0.333. The van der Waals surface area contributed by atoms with Gasteiger partial charge in [-0.05, 0) is 36.6 Å². The van der Waals surface area contributed by atoms with Crippen molar-refractivity contribution in [1.29, 1.82) is 0 Å². The molecule has 0 aliphatic carbocycles. The quantitative estimate of drug-likeness (QED) is 0.679. The average molecular weight is 340 g/mol. The smallest absolute Gasteiger partial charge is 0.250 e. The summed E-state index contributed by atoms with van der Waals surface area (Å²) in [4.78, 5) is 25.7. The third-order valence-electron chi connectivity index (χ3n) is 5.18. The summed E-state index contributed by atoms with van der Waals surface area (Å²) in [6.07, 6.45) is 1.73. The first-order valence-electron chi connectivity index (χ1n) is 8.27. The van der Waals surface area contributed by atoms with Crippen molar-refractivity contribution in [3.8, 4) is 0 Å². The molecule has 2 aliphatic rings. The number of aldehydes is 1. The molecule has 2 aromatic rings. The second kappa shape index (κ2) is 6.02. The third kappa shape index (κ3) is 2.71. The van der Waals surface area contributed by atoms with Gasteiger partial charge in [0.05, 0.1) is 5.69 Å². The Balaban J connectivity index is 1.69. The second-order valence-electron chi connectivity index (χ2n) is 6.74. The number of benzene rings is 1. The van der Waals surface area contributed by atoms with Gasteiger partial charge in [0, 0.05) is 48.6 Å². The van der Waals surface area contributed by atoms with Crippen molar-refractivity contribution in [3.63, 3.8) is 0 Å². The van der Waals surface area contributed by atoms with Gasteiger partial charge in [-0.25, -0.2) is 0 Å². The number of aromatic nitrogens is 1. The predicted molar refractivity (Wildman–Crippen MR) is 93.2 cm³/mol. The average Bonchev–Trinajstić information content (AvgIpc) is 2.62. The van der Waals surface area contributed by atoms with Gasteiger partial charge in [0.25, 0.3) is 5.56 Å². The van der Waals surface area contributed by atoms with Crippen molar-refractivity contribution in [2.75, 3.05) is 23.2 Å². The number of nitrogens with zero attached hydrogens (tertiary/aromatic N) is 3. The molecule has 25 heavy (non-hydrogen) atoms. The highest BCUT2D eigenvalue weighted by Crippen LogP contribution is 2.38. The second-order valence-corrected chi connectivity index (χ2v) is 6.74. The van der Waals surface area contributed by atoms with Gasteiger partial charge in [-0.1, -0.05) is 6.07 Å². The van der Waals surface area contributed by atoms with Gasteiger partial charge in [0.2, 0.25) is 0 Å². The lowest BCUT2D eigenvalue weighted by molar-refractivity contribution is 0.112. The van der Waals surface area contributed by atoms with Gasteiger partial charge in [0.15, 0.2) is 6.29 Å². The van der Waals surface area contributed by atoms with E-state index in [-0.39, 0.29) is 22.4 Å². The fourth-order valence-corrected chi connectivity index (χ4v) is 4.14. The molecule has 0 saturated carbocycles. The van der Waals surface area contributed by atoms with Crippen LogP contribution in [0.2, 0.25) is 0 Å². The van der Waals surface area contributed by atoms with E-state index < -0.39 is 0 Å². The van der Waals surface area contributed by atoms with Crippen LogP contribution in [-0.2, 0) is 6.54 Å². The summed E-state index contributed by atoms with van der Waals surface area (Å²) in [7, 11) is 0. The van der Waals surface area contributed by atoms with Crippen molar-refractivity contribution in [1.82, 2.24) is 4.57 Å². The molecule has 7 nitrogen and oxygen atoms in total. The number of pyridine rings is 1. The van der Waals surface area contributed by atoms with Crippen LogP contribution in [-0.4, -0.2) is 29.2 Å². The SMILES string of the molecule is O=Cc1cc(N([O-])O)ccc1N1CC2CC(C1)c1cccc(=O)n1C2. The van der Waals surface area contributed by atoms with E-state index in [9.17, 15) is 14.8 Å². The van der Waals surface area contributed by atoms with Gasteiger partial charge >= 0.3 is 0 Å². The van der Waals surface area contributed by atoms with E-state index in [1.165, 1.54) is 12.1 Å². The van der Waals surface area contributed by atoms with Crippen LogP contribution in [0.15, 0.2) is 41.2 Å². The van der Waals surface area contributed by atoms with Crippen LogP contribution >= 0.6 is 0 Å². The number of rotatable bonds is 3. The lowest BCUT2D eigenvalue weighted by Gasteiger charge is -2.44. The summed E-state index contributed by atoms with van der Waals surface area (Å²) in [5.41, 5.74) is 2.23. The Labute approximate surface area is 144 Å². The lowest BCUT2D eigenvalue weighted by Crippen LogP contribution is -2.47. The molecule has 2 aliphatic heterocycles. The normalized spacial score (nSPS) is 21.6. The minimum atomic E-state index is -0.246. The first kappa shape index (κ1) is 15.9. The fourth-order valence-electron chi connectivity index (χ4n) is 4.14. The van der Waals surface area contributed by atoms with E-state index in [0.717, 1.165) is 24.3 Å². The van der Waals surface area contributed by atoms with Crippen LogP contribution in [0.25, 0.3) is 0 Å². The topological polar surface area (TPSA) is 88.8 Å². The first-order valence-corrected chi connectivity index (χ1v) is 8.27. The molecule has 7 heteroatoms. The Hall–Kier alpha value is -2.64. The number of anilines is 2. The Morgan fingerprint density at radius 2 is 2.04 bits per heavy atom. The largest absolute Gasteiger partial charge is 0.733 e. The van der Waals surface area contributed by atoms with Crippen molar-refractivity contribution in [3.05, 3.63) is 63.2 Å². The zero-order chi connectivity index (χ0) is 17.6. The van der Waals surface area contributed by atoms with Crippen molar-refractivity contribution < 1.29 is 10.0 Å². The van der Waals surface area contributed by atoms with Gasteiger partial charge in [-0.15, -0.1) is 0 Å². The molecular weight excluding hydrogens is 322 g/mol. The highest BCUT2D eigenvalue weighted by Gasteiger charge is 2.35. The summed E-state index contributed by atoms with van der Waals surface area (Å²) in [5.74, 6) is 0.564. The number of carbonyl (C=O) groups excluding carboxylic acids is 1. The Morgan fingerprint density at radius 3 is 2.80 bits per heavy atom. The van der Waals surface area contributed by atoms with E-state index in [0.29, 0.717) is 30.9 Å². The maximum Gasteiger partial charge on any atom is 0.250 e. The van der Waals surface area contributed by atoms with Crippen LogP contribution in [0, 0.1) is 11.1 Å². The molecule has 0 amide bonds. The molecule has 1 aromatic carbocycles. The zero-order valence-electron chi connectivity index (χ0n) is 13.5. The number of hydrogen-bond acceptors (Lipinski definition) is 6. The molecule has 4 rings (SSSR count). The van der Waals surface area contributed by atoms with E-state index in [1.54, 1.807) is 18.2 Å². The molecule has 2 unspecified atom stereocenters. The van der Waals surface area contributed by atoms with Gasteiger partial charge in [0.1, 0.15) is 0 Å². The number of piperidine rings is 1. The van der Waals surface area contributed by atoms with Crippen LogP contribution in [0.4, 0.5) is 11.4 Å². The van der Waals surface area contributed by atoms with Crippen molar-refractivity contribution in [2.24, 2.45) is 5.92 Å². The molecule has 0 radical (unpaired) electrons. The molecule has 2 atom stereocenters. The number of fused-ring (bicyclic) bond motifs is 4. The highest BCUT2D eigenvalue weighted by molar-refractivity contribution is 5.86. The number of hydrogen-bond donors (Lipinski definition) is 1. The Bertz CT molecular complexity index is 877. The molecule has 3 heterocycles. The van der Waals surface area contributed by atoms with E-state index in [2.05, 4.69) is 4.90 Å². The molecule has 1 saturated heterocycles. The molecule has 1 fully saturated rings. The summed E-state index contributed by atoms with van der Waals surface area (Å²) in [6, 6.07) is 9.96. The van der Waals surface area contributed by atoms with E-state index in [4.69, 9.17) is 5.21 Å². The first-order chi connectivity index (χ1) is 12.1. The summed E-state index contributed by atoms with van der Waals surface area (Å²) in [6.45, 7) is 2.14. The maximum atomic E-state index is 12.1. The minimum Gasteiger partial charge on any atom is -0.733 e. The van der Waals surface area contributed by atoms with Crippen molar-refractivity contribution >= 4 is 17.7 Å². The summed E-state index contributed by atoms with van der Waals surface area (Å²) in [5, 5.41) is 19.8. The molecular formula is C18H18N3O4-. The molecule has 130 valence electrons. The maximum absolute atomic E-state index is 12.1. The Kier molecular flexibility index (Phi) is 3.82. The zero-order valence-corrected chi connectivity index (χ0v) is 13.5. The van der Waals surface area contributed by atoms with Crippen LogP contribution < -0.4 is 15.7 Å². The van der Waals surface area contributed by atoms with Crippen LogP contribution in [0.1, 0.15) is 28.4 Å². The summed E-state index contributed by atoms with van der Waals surface area (Å²) >= 11 is 0. The monoisotopic (exact) mass is 340 g/mol. The summed E-state index contributed by atoms with van der Waals surface area (Å²) < 4.78 is 1.86. The molecule has 1 aromatic heterocycles. The van der Waals surface area contributed by atoms with E-state index in [1.807, 2.05) is 10.6 Å². The van der Waals surface area contributed by atoms with Gasteiger partial charge < -0.3 is 19.9 Å². The van der Waals surface area contributed by atoms with Gasteiger partial charge in [-0.3, -0.25) is 14.8 Å². The van der Waals surface area contributed by atoms with Crippen LogP contribution in [0.3, 0.4) is 0 Å². The highest BCUT2D eigenvalue weighted by atomic mass is 16.8. The van der Waals surface area contributed by atoms with Crippen LogP contribution in [0.5, 0.6) is 0 Å². The number of carbonyl (C=O) groups is 1. The molecule has 2 bridgehead atoms. The molecule has 0 spiro atoms. The van der Waals surface area contributed by atoms with Gasteiger partial charge in [-0.2, -0.15) is 0 Å². The standard InChI is InChI=1S/C18H18N3O4/c22-11-14-7-15(21(24)25)4-5-16(14)19-8-12-6-13(10-19)17-2-1-3-18(23)20(17)9-12/h1-5,7,11-13,24H,6,8-10H2/q-1. The van der Waals surface area contributed by atoms with Crippen molar-refractivity contribution in [2.45, 2.75) is 18.9 Å². The minimum absolute atomic E-state index is 0.0277. The predicted octanol–water partition coefficient (Wildman–Crippen LogP) is 1.98.